The van der Waals surface area contributed by atoms with E-state index in [4.69, 9.17) is 5.73 Å². The maximum Gasteiger partial charge on any atom is 0.245 e. The third-order valence-electron chi connectivity index (χ3n) is 7.43. The Balaban J connectivity index is 1.49. The number of carbonyl (C=O) groups excluding carboxylic acids is 2. The molecule has 8 nitrogen and oxygen atoms in total. The molecule has 3 heterocycles. The van der Waals surface area contributed by atoms with Crippen LogP contribution in [0.1, 0.15) is 43.4 Å². The maximum absolute atomic E-state index is 13.9. The zero-order valence-corrected chi connectivity index (χ0v) is 23.4. The number of nitriles is 1. The van der Waals surface area contributed by atoms with E-state index in [1.807, 2.05) is 26.0 Å². The average Bonchev–Trinajstić information content (AvgIpc) is 3.45. The van der Waals surface area contributed by atoms with Gasteiger partial charge in [0.15, 0.2) is 10.1 Å². The summed E-state index contributed by atoms with van der Waals surface area (Å²) in [6.07, 6.45) is 0.735. The lowest BCUT2D eigenvalue weighted by atomic mass is 9.61. The van der Waals surface area contributed by atoms with Gasteiger partial charge in [-0.15, -0.1) is 10.2 Å². The molecule has 0 bridgehead atoms. The van der Waals surface area contributed by atoms with Gasteiger partial charge in [-0.3, -0.25) is 14.5 Å². The molecule has 1 spiro atoms. The highest BCUT2D eigenvalue weighted by Gasteiger charge is 2.61. The topological polar surface area (TPSA) is 125 Å². The molecule has 3 aromatic rings. The first-order chi connectivity index (χ1) is 18.7. The van der Waals surface area contributed by atoms with Crippen molar-refractivity contribution in [1.29, 1.82) is 5.26 Å². The van der Waals surface area contributed by atoms with Crippen molar-refractivity contribution < 1.29 is 9.59 Å². The monoisotopic (exact) mass is 554 g/mol. The van der Waals surface area contributed by atoms with Crippen LogP contribution in [0.5, 0.6) is 0 Å². The third-order valence-corrected chi connectivity index (χ3v) is 9.55. The number of anilines is 2. The molecule has 1 atom stereocenters. The van der Waals surface area contributed by atoms with Crippen LogP contribution >= 0.6 is 23.1 Å². The summed E-state index contributed by atoms with van der Waals surface area (Å²) in [6.45, 7) is 6.10. The normalized spacial score (nSPS) is 21.6. The molecule has 6 rings (SSSR count). The van der Waals surface area contributed by atoms with E-state index in [0.717, 1.165) is 10.1 Å². The van der Waals surface area contributed by atoms with Gasteiger partial charge in [0.2, 0.25) is 11.0 Å². The van der Waals surface area contributed by atoms with E-state index in [9.17, 15) is 14.9 Å². The number of ketones is 1. The molecule has 0 saturated heterocycles. The van der Waals surface area contributed by atoms with Gasteiger partial charge in [-0.2, -0.15) is 5.26 Å². The SMILES string of the molecule is Cc1cccc(CSc2nnc(N3C(N)=C(C#N)[C@@]4(C(=O)Nc5ccccc54)C4=C3CC(C)(C)CC4=O)s2)c1. The molecule has 1 amide bonds. The molecule has 0 saturated carbocycles. The summed E-state index contributed by atoms with van der Waals surface area (Å²) in [4.78, 5) is 29.4. The zero-order valence-electron chi connectivity index (χ0n) is 21.7. The molecule has 0 fully saturated rings. The number of aromatic nitrogens is 2. The molecule has 1 aromatic heterocycles. The number of nitrogens with one attached hydrogen (secondary N) is 1. The highest BCUT2D eigenvalue weighted by Crippen LogP contribution is 2.57. The quantitative estimate of drug-likeness (QED) is 0.423. The number of nitrogens with two attached hydrogens (primary N) is 1. The molecular formula is C29H26N6O2S2. The number of nitrogens with zero attached hydrogens (tertiary/aromatic N) is 4. The molecule has 2 aliphatic heterocycles. The van der Waals surface area contributed by atoms with Crippen molar-refractivity contribution >= 4 is 45.6 Å². The fraction of sp³-hybridized carbons (Fsp3) is 0.276. The molecule has 196 valence electrons. The molecule has 39 heavy (non-hydrogen) atoms. The number of thioether (sulfide) groups is 1. The Hall–Kier alpha value is -3.94. The van der Waals surface area contributed by atoms with Crippen molar-refractivity contribution in [3.8, 4) is 6.07 Å². The number of hydrogen-bond donors (Lipinski definition) is 2. The minimum absolute atomic E-state index is 0.0286. The molecule has 1 aliphatic carbocycles. The lowest BCUT2D eigenvalue weighted by molar-refractivity contribution is -0.123. The Kier molecular flexibility index (Phi) is 5.90. The van der Waals surface area contributed by atoms with E-state index in [0.29, 0.717) is 34.1 Å². The van der Waals surface area contributed by atoms with Crippen LogP contribution in [0.3, 0.4) is 0 Å². The predicted octanol–water partition coefficient (Wildman–Crippen LogP) is 5.19. The highest BCUT2D eigenvalue weighted by atomic mass is 32.2. The van der Waals surface area contributed by atoms with Gasteiger partial charge >= 0.3 is 0 Å². The van der Waals surface area contributed by atoms with Crippen molar-refractivity contribution in [2.24, 2.45) is 11.1 Å². The highest BCUT2D eigenvalue weighted by molar-refractivity contribution is 8.00. The van der Waals surface area contributed by atoms with E-state index >= 15 is 0 Å². The van der Waals surface area contributed by atoms with E-state index in [1.54, 1.807) is 34.9 Å². The minimum Gasteiger partial charge on any atom is -0.384 e. The fourth-order valence-electron chi connectivity index (χ4n) is 5.89. The standard InChI is InChI=1S/C29H26N6O2S2/c1-16-7-6-8-17(11-16)15-38-27-34-33-26(39-27)35-21-12-28(2,3)13-22(36)23(21)29(19(14-30)24(35)31)18-9-4-5-10-20(18)32-25(29)37/h4-11H,12-13,15,31H2,1-3H3,(H,32,37)/t29-/m1/s1. The smallest absolute Gasteiger partial charge is 0.245 e. The van der Waals surface area contributed by atoms with Gasteiger partial charge < -0.3 is 11.1 Å². The van der Waals surface area contributed by atoms with Crippen LogP contribution in [-0.4, -0.2) is 21.9 Å². The van der Waals surface area contributed by atoms with Gasteiger partial charge in [-0.1, -0.05) is 85.0 Å². The molecule has 10 heteroatoms. The van der Waals surface area contributed by atoms with Gasteiger partial charge in [0.05, 0.1) is 5.57 Å². The Bertz CT molecular complexity index is 1660. The second-order valence-corrected chi connectivity index (χ2v) is 13.0. The average molecular weight is 555 g/mol. The van der Waals surface area contributed by atoms with Crippen molar-refractivity contribution in [3.05, 3.63) is 87.9 Å². The fourth-order valence-corrected chi connectivity index (χ4v) is 7.71. The molecule has 2 aromatic carbocycles. The number of allylic oxidation sites excluding steroid dienone is 1. The number of hydrogen-bond acceptors (Lipinski definition) is 9. The lowest BCUT2D eigenvalue weighted by Crippen LogP contribution is -2.52. The first kappa shape index (κ1) is 25.3. The van der Waals surface area contributed by atoms with Crippen LogP contribution in [0.4, 0.5) is 10.8 Å². The summed E-state index contributed by atoms with van der Waals surface area (Å²) in [5.74, 6) is 0.219. The number of aryl methyl sites for hydroxylation is 1. The van der Waals surface area contributed by atoms with Crippen molar-refractivity contribution in [1.82, 2.24) is 10.2 Å². The number of rotatable bonds is 4. The Morgan fingerprint density at radius 3 is 2.72 bits per heavy atom. The first-order valence-electron chi connectivity index (χ1n) is 12.6. The van der Waals surface area contributed by atoms with Gasteiger partial charge in [-0.25, -0.2) is 0 Å². The van der Waals surface area contributed by atoms with Crippen LogP contribution in [0.2, 0.25) is 0 Å². The van der Waals surface area contributed by atoms with Gasteiger partial charge in [0.1, 0.15) is 17.3 Å². The summed E-state index contributed by atoms with van der Waals surface area (Å²) >= 11 is 2.91. The number of para-hydroxylation sites is 1. The van der Waals surface area contributed by atoms with E-state index < -0.39 is 11.3 Å². The molecule has 3 N–H and O–H groups in total. The molecule has 3 aliphatic rings. The van der Waals surface area contributed by atoms with E-state index in [2.05, 4.69) is 46.7 Å². The van der Waals surface area contributed by atoms with Crippen LogP contribution in [0, 0.1) is 23.7 Å². The van der Waals surface area contributed by atoms with Gasteiger partial charge in [0, 0.05) is 34.7 Å². The zero-order chi connectivity index (χ0) is 27.5. The molecular weight excluding hydrogens is 528 g/mol. The number of carbonyl (C=O) groups is 2. The molecule has 0 radical (unpaired) electrons. The largest absolute Gasteiger partial charge is 0.384 e. The summed E-state index contributed by atoms with van der Waals surface area (Å²) in [6, 6.07) is 17.7. The Morgan fingerprint density at radius 1 is 1.15 bits per heavy atom. The number of benzene rings is 2. The number of amides is 1. The number of fused-ring (bicyclic) bond motifs is 3. The Labute approximate surface area is 234 Å². The third kappa shape index (κ3) is 3.87. The predicted molar refractivity (Wildman–Crippen MR) is 152 cm³/mol. The van der Waals surface area contributed by atoms with Crippen molar-refractivity contribution in [2.75, 3.05) is 10.2 Å². The Morgan fingerprint density at radius 2 is 1.95 bits per heavy atom. The second kappa shape index (κ2) is 9.07. The summed E-state index contributed by atoms with van der Waals surface area (Å²) in [7, 11) is 0. The van der Waals surface area contributed by atoms with Crippen LogP contribution in [0.25, 0.3) is 0 Å². The minimum atomic E-state index is -1.59. The van der Waals surface area contributed by atoms with Crippen molar-refractivity contribution in [3.63, 3.8) is 0 Å². The first-order valence-corrected chi connectivity index (χ1v) is 14.4. The second-order valence-electron chi connectivity index (χ2n) is 10.8. The lowest BCUT2D eigenvalue weighted by Gasteiger charge is -2.45. The number of Topliss-reactive ketones (excluding diaryl/α,β-unsaturated/α-hetero) is 1. The summed E-state index contributed by atoms with van der Waals surface area (Å²) in [5, 5.41) is 22.6. The van der Waals surface area contributed by atoms with Crippen LogP contribution in [-0.2, 0) is 20.8 Å². The summed E-state index contributed by atoms with van der Waals surface area (Å²) in [5.41, 5.74) is 9.25. The van der Waals surface area contributed by atoms with Crippen LogP contribution in [0.15, 0.2) is 75.5 Å². The summed E-state index contributed by atoms with van der Waals surface area (Å²) < 4.78 is 0.741. The maximum atomic E-state index is 13.9. The van der Waals surface area contributed by atoms with Gasteiger partial charge in [0.25, 0.3) is 0 Å². The van der Waals surface area contributed by atoms with Gasteiger partial charge in [-0.05, 0) is 30.4 Å². The van der Waals surface area contributed by atoms with Crippen molar-refractivity contribution in [2.45, 2.75) is 49.1 Å². The van der Waals surface area contributed by atoms with E-state index in [-0.39, 0.29) is 29.0 Å². The molecule has 0 unspecified atom stereocenters. The van der Waals surface area contributed by atoms with Crippen LogP contribution < -0.4 is 16.0 Å². The van der Waals surface area contributed by atoms with E-state index in [1.165, 1.54) is 22.5 Å².